The van der Waals surface area contributed by atoms with Crippen LogP contribution in [0.1, 0.15) is 17.2 Å². The summed E-state index contributed by atoms with van der Waals surface area (Å²) < 4.78 is 13.1. The number of rotatable bonds is 4. The van der Waals surface area contributed by atoms with Gasteiger partial charge in [-0.3, -0.25) is 0 Å². The minimum atomic E-state index is -0.220. The summed E-state index contributed by atoms with van der Waals surface area (Å²) in [5.74, 6) is 0.622. The first kappa shape index (κ1) is 16.3. The molecule has 3 nitrogen and oxygen atoms in total. The van der Waals surface area contributed by atoms with Crippen molar-refractivity contribution in [2.75, 3.05) is 11.4 Å². The summed E-state index contributed by atoms with van der Waals surface area (Å²) in [6.45, 7) is 1.39. The average molecular weight is 345 g/mol. The van der Waals surface area contributed by atoms with E-state index in [1.54, 1.807) is 12.1 Å². The number of guanidine groups is 1. The number of nitrogens with zero attached hydrogens (tertiary/aromatic N) is 2. The zero-order chi connectivity index (χ0) is 17.8. The van der Waals surface area contributed by atoms with Crippen molar-refractivity contribution in [1.29, 1.82) is 0 Å². The molecule has 3 aromatic rings. The molecule has 130 valence electrons. The summed E-state index contributed by atoms with van der Waals surface area (Å²) in [7, 11) is 0. The van der Waals surface area contributed by atoms with E-state index in [4.69, 9.17) is 4.99 Å². The number of halogens is 1. The predicted octanol–water partition coefficient (Wildman–Crippen LogP) is 4.53. The first-order valence-electron chi connectivity index (χ1n) is 8.73. The van der Waals surface area contributed by atoms with Gasteiger partial charge in [0.05, 0.1) is 12.6 Å². The fraction of sp³-hybridized carbons (Fsp3) is 0.136. The Morgan fingerprint density at radius 1 is 0.885 bits per heavy atom. The van der Waals surface area contributed by atoms with Crippen molar-refractivity contribution < 1.29 is 4.39 Å². The Morgan fingerprint density at radius 2 is 1.54 bits per heavy atom. The van der Waals surface area contributed by atoms with Gasteiger partial charge in [-0.25, -0.2) is 9.38 Å². The summed E-state index contributed by atoms with van der Waals surface area (Å²) in [4.78, 5) is 7.10. The molecule has 0 aromatic heterocycles. The Kier molecular flexibility index (Phi) is 4.65. The molecule has 1 heterocycles. The molecule has 0 saturated heterocycles. The lowest BCUT2D eigenvalue weighted by atomic mass is 10.1. The topological polar surface area (TPSA) is 27.6 Å². The molecule has 0 amide bonds. The van der Waals surface area contributed by atoms with Crippen LogP contribution in [0.4, 0.5) is 10.1 Å². The minimum absolute atomic E-state index is 0.0899. The largest absolute Gasteiger partial charge is 0.352 e. The third-order valence-electron chi connectivity index (χ3n) is 4.51. The number of anilines is 1. The lowest BCUT2D eigenvalue weighted by Crippen LogP contribution is -2.38. The second-order valence-corrected chi connectivity index (χ2v) is 6.31. The van der Waals surface area contributed by atoms with Crippen LogP contribution in [0.5, 0.6) is 0 Å². The van der Waals surface area contributed by atoms with Gasteiger partial charge in [0.2, 0.25) is 0 Å². The van der Waals surface area contributed by atoms with Crippen molar-refractivity contribution >= 4 is 11.6 Å². The van der Waals surface area contributed by atoms with Gasteiger partial charge in [0.25, 0.3) is 0 Å². The molecular formula is C22H20FN3. The van der Waals surface area contributed by atoms with Crippen molar-refractivity contribution in [2.24, 2.45) is 4.99 Å². The summed E-state index contributed by atoms with van der Waals surface area (Å²) in [5, 5.41) is 3.42. The summed E-state index contributed by atoms with van der Waals surface area (Å²) in [5.41, 5.74) is 3.33. The van der Waals surface area contributed by atoms with Crippen LogP contribution in [0, 0.1) is 5.82 Å². The van der Waals surface area contributed by atoms with Gasteiger partial charge in [-0.05, 0) is 35.4 Å². The molecule has 0 radical (unpaired) electrons. The standard InChI is InChI=1S/C22H20FN3/c23-19-13-11-17(12-14-19)15-24-22-25-21(18-7-3-1-4-8-18)16-26(22)20-9-5-2-6-10-20/h1-14,21H,15-16H2,(H,24,25)/t21-/m0/s1. The Balaban J connectivity index is 1.57. The van der Waals surface area contributed by atoms with Crippen molar-refractivity contribution in [3.8, 4) is 0 Å². The first-order valence-corrected chi connectivity index (χ1v) is 8.73. The predicted molar refractivity (Wildman–Crippen MR) is 104 cm³/mol. The van der Waals surface area contributed by atoms with Crippen LogP contribution in [-0.4, -0.2) is 12.5 Å². The summed E-state index contributed by atoms with van der Waals surface area (Å²) >= 11 is 0. The van der Waals surface area contributed by atoms with Crippen molar-refractivity contribution in [3.05, 3.63) is 102 Å². The number of hydrogen-bond acceptors (Lipinski definition) is 3. The molecular weight excluding hydrogens is 325 g/mol. The van der Waals surface area contributed by atoms with E-state index in [-0.39, 0.29) is 11.9 Å². The van der Waals surface area contributed by atoms with Crippen LogP contribution >= 0.6 is 0 Å². The highest BCUT2D eigenvalue weighted by atomic mass is 19.1. The fourth-order valence-electron chi connectivity index (χ4n) is 3.13. The smallest absolute Gasteiger partial charge is 0.199 e. The molecule has 1 atom stereocenters. The van der Waals surface area contributed by atoms with E-state index in [9.17, 15) is 4.39 Å². The van der Waals surface area contributed by atoms with E-state index in [0.717, 1.165) is 23.8 Å². The third kappa shape index (κ3) is 3.59. The van der Waals surface area contributed by atoms with Gasteiger partial charge in [0.1, 0.15) is 5.82 Å². The summed E-state index contributed by atoms with van der Waals surface area (Å²) in [6, 6.07) is 27.2. The maximum absolute atomic E-state index is 13.1. The molecule has 0 bridgehead atoms. The second kappa shape index (κ2) is 7.40. The van der Waals surface area contributed by atoms with Gasteiger partial charge >= 0.3 is 0 Å². The van der Waals surface area contributed by atoms with Gasteiger partial charge in [-0.2, -0.15) is 0 Å². The van der Waals surface area contributed by atoms with E-state index in [1.807, 2.05) is 36.4 Å². The van der Waals surface area contributed by atoms with Crippen LogP contribution < -0.4 is 10.2 Å². The van der Waals surface area contributed by atoms with Crippen molar-refractivity contribution in [1.82, 2.24) is 5.32 Å². The highest BCUT2D eigenvalue weighted by Crippen LogP contribution is 2.28. The quantitative estimate of drug-likeness (QED) is 0.752. The number of hydrogen-bond donors (Lipinski definition) is 1. The van der Waals surface area contributed by atoms with Crippen LogP contribution in [0.2, 0.25) is 0 Å². The summed E-state index contributed by atoms with van der Waals surface area (Å²) in [6.07, 6.45) is 0. The molecule has 1 N–H and O–H groups in total. The monoisotopic (exact) mass is 345 g/mol. The van der Waals surface area contributed by atoms with E-state index in [0.29, 0.717) is 6.54 Å². The zero-order valence-electron chi connectivity index (χ0n) is 14.3. The first-order chi connectivity index (χ1) is 12.8. The molecule has 0 fully saturated rings. The van der Waals surface area contributed by atoms with E-state index in [1.165, 1.54) is 17.7 Å². The average Bonchev–Trinajstić information content (AvgIpc) is 3.13. The van der Waals surface area contributed by atoms with Crippen LogP contribution in [0.25, 0.3) is 0 Å². The molecule has 1 aliphatic heterocycles. The molecule has 0 saturated carbocycles. The fourth-order valence-corrected chi connectivity index (χ4v) is 3.13. The van der Waals surface area contributed by atoms with Crippen LogP contribution in [0.15, 0.2) is 89.9 Å². The van der Waals surface area contributed by atoms with Gasteiger partial charge in [-0.15, -0.1) is 0 Å². The van der Waals surface area contributed by atoms with Crippen molar-refractivity contribution in [2.45, 2.75) is 12.6 Å². The van der Waals surface area contributed by atoms with Crippen molar-refractivity contribution in [3.63, 3.8) is 0 Å². The lowest BCUT2D eigenvalue weighted by molar-refractivity contribution is 0.626. The third-order valence-corrected chi connectivity index (χ3v) is 4.51. The molecule has 0 spiro atoms. The maximum Gasteiger partial charge on any atom is 0.199 e. The van der Waals surface area contributed by atoms with E-state index < -0.39 is 0 Å². The van der Waals surface area contributed by atoms with E-state index in [2.05, 4.69) is 34.5 Å². The van der Waals surface area contributed by atoms with Crippen LogP contribution in [-0.2, 0) is 6.54 Å². The Hall–Kier alpha value is -3.14. The SMILES string of the molecule is Fc1ccc(CNC2=N[C@H](c3ccccc3)CN2c2ccccc2)cc1. The lowest BCUT2D eigenvalue weighted by Gasteiger charge is -2.22. The highest BCUT2D eigenvalue weighted by molar-refractivity contribution is 5.98. The number of benzene rings is 3. The zero-order valence-corrected chi connectivity index (χ0v) is 14.3. The minimum Gasteiger partial charge on any atom is -0.352 e. The van der Waals surface area contributed by atoms with Gasteiger partial charge in [0, 0.05) is 12.2 Å². The molecule has 0 unspecified atom stereocenters. The highest BCUT2D eigenvalue weighted by Gasteiger charge is 2.27. The maximum atomic E-state index is 13.1. The molecule has 1 aliphatic rings. The molecule has 0 aliphatic carbocycles. The van der Waals surface area contributed by atoms with Gasteiger partial charge in [0.15, 0.2) is 5.96 Å². The molecule has 26 heavy (non-hydrogen) atoms. The Labute approximate surface area is 152 Å². The normalized spacial score (nSPS) is 16.4. The number of aliphatic imine (C=N–C) groups is 1. The van der Waals surface area contributed by atoms with Gasteiger partial charge < -0.3 is 10.2 Å². The van der Waals surface area contributed by atoms with Crippen LogP contribution in [0.3, 0.4) is 0 Å². The Morgan fingerprint density at radius 3 is 2.23 bits per heavy atom. The Bertz CT molecular complexity index is 876. The number of para-hydroxylation sites is 1. The molecule has 4 heteroatoms. The second-order valence-electron chi connectivity index (χ2n) is 6.31. The van der Waals surface area contributed by atoms with E-state index >= 15 is 0 Å². The molecule has 3 aromatic carbocycles. The number of nitrogens with one attached hydrogen (secondary N) is 1. The van der Waals surface area contributed by atoms with Gasteiger partial charge in [-0.1, -0.05) is 60.7 Å². The molecule has 4 rings (SSSR count).